The zero-order valence-electron chi connectivity index (χ0n) is 22.0. The molecule has 0 aromatic carbocycles. The SMILES string of the molecule is CCCCC(=O)C1=NC(CC(C)CC(=O)C2=NC(CCCC(=O)C3=NCCCC3)CCC2)CCC1. The zero-order chi connectivity index (χ0) is 25.0. The molecule has 0 aromatic rings. The third-order valence-corrected chi connectivity index (χ3v) is 7.58. The lowest BCUT2D eigenvalue weighted by Gasteiger charge is -2.24. The van der Waals surface area contributed by atoms with Crippen LogP contribution in [0.3, 0.4) is 0 Å². The van der Waals surface area contributed by atoms with Crippen LogP contribution in [0.2, 0.25) is 0 Å². The summed E-state index contributed by atoms with van der Waals surface area (Å²) >= 11 is 0. The van der Waals surface area contributed by atoms with Gasteiger partial charge >= 0.3 is 0 Å². The van der Waals surface area contributed by atoms with E-state index in [0.717, 1.165) is 114 Å². The molecule has 0 radical (unpaired) electrons. The van der Waals surface area contributed by atoms with Crippen molar-refractivity contribution in [2.75, 3.05) is 6.54 Å². The quantitative estimate of drug-likeness (QED) is 0.300. The van der Waals surface area contributed by atoms with Gasteiger partial charge in [0.25, 0.3) is 0 Å². The van der Waals surface area contributed by atoms with Crippen LogP contribution in [0.5, 0.6) is 0 Å². The molecule has 3 rings (SSSR count). The molecule has 194 valence electrons. The second-order valence-electron chi connectivity index (χ2n) is 10.8. The predicted octanol–water partition coefficient (Wildman–Crippen LogP) is 6.08. The Morgan fingerprint density at radius 1 is 0.800 bits per heavy atom. The van der Waals surface area contributed by atoms with Crippen molar-refractivity contribution in [3.63, 3.8) is 0 Å². The number of carbonyl (C=O) groups excluding carboxylic acids is 3. The smallest absolute Gasteiger partial charge is 0.176 e. The average molecular weight is 484 g/mol. The van der Waals surface area contributed by atoms with Gasteiger partial charge in [-0.25, -0.2) is 0 Å². The Labute approximate surface area is 211 Å². The second kappa shape index (κ2) is 14.5. The van der Waals surface area contributed by atoms with Gasteiger partial charge in [-0.05, 0) is 89.4 Å². The maximum atomic E-state index is 13.0. The molecule has 3 aliphatic rings. The van der Waals surface area contributed by atoms with Crippen molar-refractivity contribution < 1.29 is 14.4 Å². The van der Waals surface area contributed by atoms with Crippen LogP contribution in [0.1, 0.15) is 123 Å². The van der Waals surface area contributed by atoms with Gasteiger partial charge in [0, 0.05) is 25.8 Å². The summed E-state index contributed by atoms with van der Waals surface area (Å²) in [6, 6.07) is 0.332. The summed E-state index contributed by atoms with van der Waals surface area (Å²) in [4.78, 5) is 51.7. The molecule has 3 unspecified atom stereocenters. The maximum Gasteiger partial charge on any atom is 0.176 e. The van der Waals surface area contributed by atoms with Gasteiger partial charge in [0.15, 0.2) is 17.3 Å². The van der Waals surface area contributed by atoms with Gasteiger partial charge in [0.2, 0.25) is 0 Å². The van der Waals surface area contributed by atoms with Crippen molar-refractivity contribution in [1.82, 2.24) is 0 Å². The molecule has 3 heterocycles. The molecule has 6 heteroatoms. The van der Waals surface area contributed by atoms with Crippen LogP contribution in [-0.4, -0.2) is 53.1 Å². The summed E-state index contributed by atoms with van der Waals surface area (Å²) in [5.74, 6) is 0.832. The first kappa shape index (κ1) is 27.6. The number of hydrogen-bond acceptors (Lipinski definition) is 6. The minimum absolute atomic E-state index is 0.165. The van der Waals surface area contributed by atoms with E-state index in [-0.39, 0.29) is 35.4 Å². The summed E-state index contributed by atoms with van der Waals surface area (Å²) < 4.78 is 0. The number of carbonyl (C=O) groups is 3. The lowest BCUT2D eigenvalue weighted by molar-refractivity contribution is -0.114. The Hall–Kier alpha value is -1.98. The molecule has 0 spiro atoms. The van der Waals surface area contributed by atoms with E-state index in [1.807, 2.05) is 0 Å². The molecule has 6 nitrogen and oxygen atoms in total. The van der Waals surface area contributed by atoms with Crippen LogP contribution in [0.15, 0.2) is 15.0 Å². The first-order valence-electron chi connectivity index (χ1n) is 14.2. The van der Waals surface area contributed by atoms with Gasteiger partial charge in [0.05, 0.1) is 29.2 Å². The van der Waals surface area contributed by atoms with Gasteiger partial charge < -0.3 is 0 Å². The summed E-state index contributed by atoms with van der Waals surface area (Å²) in [6.07, 6.45) is 14.8. The van der Waals surface area contributed by atoms with Crippen molar-refractivity contribution in [3.8, 4) is 0 Å². The molecule has 0 saturated carbocycles. The Bertz CT molecular complexity index is 842. The maximum absolute atomic E-state index is 13.0. The van der Waals surface area contributed by atoms with Gasteiger partial charge in [-0.15, -0.1) is 0 Å². The highest BCUT2D eigenvalue weighted by molar-refractivity contribution is 6.41. The number of nitrogens with zero attached hydrogens (tertiary/aromatic N) is 3. The number of Topliss-reactive ketones (excluding diaryl/α,β-unsaturated/α-hetero) is 3. The van der Waals surface area contributed by atoms with Crippen molar-refractivity contribution in [2.45, 2.75) is 135 Å². The second-order valence-corrected chi connectivity index (χ2v) is 10.8. The molecule has 3 aliphatic heterocycles. The summed E-state index contributed by atoms with van der Waals surface area (Å²) in [7, 11) is 0. The minimum atomic E-state index is 0.165. The highest BCUT2D eigenvalue weighted by Crippen LogP contribution is 2.25. The first-order valence-corrected chi connectivity index (χ1v) is 14.2. The lowest BCUT2D eigenvalue weighted by atomic mass is 9.88. The van der Waals surface area contributed by atoms with Crippen LogP contribution in [0.4, 0.5) is 0 Å². The predicted molar refractivity (Wildman–Crippen MR) is 143 cm³/mol. The lowest BCUT2D eigenvalue weighted by Crippen LogP contribution is -2.27. The van der Waals surface area contributed by atoms with Gasteiger partial charge in [-0.2, -0.15) is 0 Å². The number of aliphatic imine (C=N–C) groups is 3. The monoisotopic (exact) mass is 483 g/mol. The highest BCUT2D eigenvalue weighted by atomic mass is 16.1. The van der Waals surface area contributed by atoms with Gasteiger partial charge in [-0.3, -0.25) is 29.4 Å². The Kier molecular flexibility index (Phi) is 11.5. The molecule has 0 fully saturated rings. The van der Waals surface area contributed by atoms with Gasteiger partial charge in [-0.1, -0.05) is 20.3 Å². The van der Waals surface area contributed by atoms with E-state index in [1.165, 1.54) is 0 Å². The third-order valence-electron chi connectivity index (χ3n) is 7.58. The molecular weight excluding hydrogens is 438 g/mol. The van der Waals surface area contributed by atoms with Crippen LogP contribution in [0, 0.1) is 5.92 Å². The van der Waals surface area contributed by atoms with E-state index in [9.17, 15) is 14.4 Å². The highest BCUT2D eigenvalue weighted by Gasteiger charge is 2.25. The molecule has 0 N–H and O–H groups in total. The minimum Gasteiger partial charge on any atom is -0.293 e. The van der Waals surface area contributed by atoms with Crippen molar-refractivity contribution in [3.05, 3.63) is 0 Å². The first-order chi connectivity index (χ1) is 17.0. The molecule has 35 heavy (non-hydrogen) atoms. The zero-order valence-corrected chi connectivity index (χ0v) is 22.0. The van der Waals surface area contributed by atoms with E-state index in [0.29, 0.717) is 19.3 Å². The molecule has 0 bridgehead atoms. The van der Waals surface area contributed by atoms with Gasteiger partial charge in [0.1, 0.15) is 0 Å². The van der Waals surface area contributed by atoms with Crippen LogP contribution in [0.25, 0.3) is 0 Å². The summed E-state index contributed by atoms with van der Waals surface area (Å²) in [5.41, 5.74) is 2.31. The fourth-order valence-electron chi connectivity index (χ4n) is 5.54. The summed E-state index contributed by atoms with van der Waals surface area (Å²) in [5, 5.41) is 0. The molecular formula is C29H45N3O3. The molecule has 0 saturated heterocycles. The molecule has 0 aliphatic carbocycles. The van der Waals surface area contributed by atoms with Crippen LogP contribution in [-0.2, 0) is 14.4 Å². The fraction of sp³-hybridized carbons (Fsp3) is 0.793. The Morgan fingerprint density at radius 2 is 1.43 bits per heavy atom. The molecule has 3 atom stereocenters. The molecule has 0 aromatic heterocycles. The number of ketones is 3. The van der Waals surface area contributed by atoms with Crippen molar-refractivity contribution in [1.29, 1.82) is 0 Å². The van der Waals surface area contributed by atoms with E-state index in [1.54, 1.807) is 0 Å². The number of hydrogen-bond donors (Lipinski definition) is 0. The van der Waals surface area contributed by atoms with Crippen LogP contribution < -0.4 is 0 Å². The molecule has 0 amide bonds. The topological polar surface area (TPSA) is 88.3 Å². The third kappa shape index (κ3) is 9.20. The average Bonchev–Trinajstić information content (AvgIpc) is 2.88. The van der Waals surface area contributed by atoms with E-state index >= 15 is 0 Å². The largest absolute Gasteiger partial charge is 0.293 e. The van der Waals surface area contributed by atoms with E-state index in [4.69, 9.17) is 9.98 Å². The normalized spacial score (nSPS) is 23.7. The van der Waals surface area contributed by atoms with Crippen LogP contribution >= 0.6 is 0 Å². The van der Waals surface area contributed by atoms with Crippen molar-refractivity contribution in [2.24, 2.45) is 20.9 Å². The summed E-state index contributed by atoms with van der Waals surface area (Å²) in [6.45, 7) is 5.02. The fourth-order valence-corrected chi connectivity index (χ4v) is 5.54. The number of rotatable bonds is 14. The standard InChI is InChI=1S/C29H45N3O3/c1-3-4-16-28(34)25-14-8-12-23(32-25)19-21(2)20-29(35)26-15-7-10-22(31-26)11-9-17-27(33)24-13-5-6-18-30-24/h21-23H,3-20H2,1-2H3. The van der Waals surface area contributed by atoms with E-state index in [2.05, 4.69) is 18.8 Å². The number of unbranched alkanes of at least 4 members (excludes halogenated alkanes) is 1. The Morgan fingerprint density at radius 3 is 2.14 bits per heavy atom. The van der Waals surface area contributed by atoms with Crippen molar-refractivity contribution >= 4 is 34.5 Å². The Balaban J connectivity index is 1.43. The van der Waals surface area contributed by atoms with E-state index < -0.39 is 0 Å².